The highest BCUT2D eigenvalue weighted by molar-refractivity contribution is 5.90. The molecule has 0 saturated heterocycles. The SMILES string of the molecule is CCCCc1ncn(Cc2occc2C(=O)OC)c(=O)c1Cc1ccc(-c2ccccc2-c2nn[nH]n2)cc1. The molecule has 0 aliphatic rings. The molecule has 39 heavy (non-hydrogen) atoms. The molecule has 0 atom stereocenters. The van der Waals surface area contributed by atoms with Crippen LogP contribution in [-0.4, -0.2) is 43.3 Å². The van der Waals surface area contributed by atoms with Gasteiger partial charge in [0.2, 0.25) is 5.82 Å². The maximum absolute atomic E-state index is 13.6. The second kappa shape index (κ2) is 11.7. The highest BCUT2D eigenvalue weighted by Crippen LogP contribution is 2.30. The van der Waals surface area contributed by atoms with Crippen molar-refractivity contribution in [3.63, 3.8) is 0 Å². The Bertz CT molecular complexity index is 1620. The molecule has 10 heteroatoms. The average molecular weight is 525 g/mol. The number of H-pyrrole nitrogens is 1. The van der Waals surface area contributed by atoms with Crippen LogP contribution in [0.3, 0.4) is 0 Å². The molecule has 0 saturated carbocycles. The third kappa shape index (κ3) is 5.54. The molecule has 0 radical (unpaired) electrons. The van der Waals surface area contributed by atoms with E-state index in [4.69, 9.17) is 9.15 Å². The van der Waals surface area contributed by atoms with Crippen LogP contribution in [0.5, 0.6) is 0 Å². The molecule has 5 aromatic rings. The van der Waals surface area contributed by atoms with E-state index in [2.05, 4.69) is 32.5 Å². The number of rotatable bonds is 10. The van der Waals surface area contributed by atoms with E-state index in [9.17, 15) is 9.59 Å². The quantitative estimate of drug-likeness (QED) is 0.265. The molecular weight excluding hydrogens is 496 g/mol. The maximum Gasteiger partial charge on any atom is 0.341 e. The summed E-state index contributed by atoms with van der Waals surface area (Å²) in [5, 5.41) is 14.4. The van der Waals surface area contributed by atoms with Crippen molar-refractivity contribution in [2.75, 3.05) is 7.11 Å². The Labute approximate surface area is 224 Å². The first-order chi connectivity index (χ1) is 19.1. The molecule has 1 N–H and O–H groups in total. The van der Waals surface area contributed by atoms with Gasteiger partial charge in [-0.15, -0.1) is 10.2 Å². The van der Waals surface area contributed by atoms with Gasteiger partial charge >= 0.3 is 5.97 Å². The zero-order valence-electron chi connectivity index (χ0n) is 21.8. The summed E-state index contributed by atoms with van der Waals surface area (Å²) in [6.45, 7) is 2.19. The lowest BCUT2D eigenvalue weighted by molar-refractivity contribution is 0.0598. The Morgan fingerprint density at radius 2 is 1.87 bits per heavy atom. The highest BCUT2D eigenvalue weighted by atomic mass is 16.5. The minimum Gasteiger partial charge on any atom is -0.467 e. The molecule has 0 aliphatic carbocycles. The van der Waals surface area contributed by atoms with E-state index >= 15 is 0 Å². The van der Waals surface area contributed by atoms with Gasteiger partial charge in [0.25, 0.3) is 5.56 Å². The first kappa shape index (κ1) is 25.8. The molecule has 0 amide bonds. The summed E-state index contributed by atoms with van der Waals surface area (Å²) >= 11 is 0. The molecule has 0 bridgehead atoms. The molecule has 198 valence electrons. The Kier molecular flexibility index (Phi) is 7.72. The van der Waals surface area contributed by atoms with Crippen molar-refractivity contribution in [3.05, 3.63) is 106 Å². The van der Waals surface area contributed by atoms with E-state index < -0.39 is 5.97 Å². The van der Waals surface area contributed by atoms with Gasteiger partial charge in [0.05, 0.1) is 31.9 Å². The largest absolute Gasteiger partial charge is 0.467 e. The summed E-state index contributed by atoms with van der Waals surface area (Å²) in [6.07, 6.45) is 6.01. The normalized spacial score (nSPS) is 11.0. The van der Waals surface area contributed by atoms with Crippen LogP contribution < -0.4 is 5.56 Å². The van der Waals surface area contributed by atoms with Gasteiger partial charge in [-0.3, -0.25) is 9.36 Å². The predicted molar refractivity (Wildman–Crippen MR) is 144 cm³/mol. The highest BCUT2D eigenvalue weighted by Gasteiger charge is 2.19. The van der Waals surface area contributed by atoms with Gasteiger partial charge in [-0.05, 0) is 40.8 Å². The number of ether oxygens (including phenoxy) is 1. The van der Waals surface area contributed by atoms with E-state index in [1.807, 2.05) is 48.5 Å². The number of furan rings is 1. The standard InChI is InChI=1S/C29H28N6O4/c1-3-4-9-25-24(28(36)35(18-30-25)17-26-23(14-15-39-26)29(37)38-2)16-19-10-12-20(13-11-19)21-7-5-6-8-22(21)27-31-33-34-32-27/h5-8,10-15,18H,3-4,9,16-17H2,1-2H3,(H,31,32,33,34). The number of methoxy groups -OCH3 is 1. The number of carbonyl (C=O) groups is 1. The van der Waals surface area contributed by atoms with Crippen LogP contribution in [0, 0.1) is 0 Å². The molecule has 3 aromatic heterocycles. The lowest BCUT2D eigenvalue weighted by Gasteiger charge is -2.13. The van der Waals surface area contributed by atoms with Gasteiger partial charge in [-0.2, -0.15) is 5.21 Å². The number of hydrogen-bond acceptors (Lipinski definition) is 8. The van der Waals surface area contributed by atoms with Crippen LogP contribution in [-0.2, 0) is 24.1 Å². The number of aromatic amines is 1. The molecule has 0 unspecified atom stereocenters. The van der Waals surface area contributed by atoms with Crippen molar-refractivity contribution < 1.29 is 13.9 Å². The van der Waals surface area contributed by atoms with Crippen LogP contribution in [0.4, 0.5) is 0 Å². The monoisotopic (exact) mass is 524 g/mol. The number of tetrazole rings is 1. The smallest absolute Gasteiger partial charge is 0.341 e. The first-order valence-corrected chi connectivity index (χ1v) is 12.7. The number of aromatic nitrogens is 6. The number of hydrogen-bond donors (Lipinski definition) is 1. The third-order valence-corrected chi connectivity index (χ3v) is 6.61. The van der Waals surface area contributed by atoms with E-state index in [1.165, 1.54) is 30.3 Å². The number of nitrogens with zero attached hydrogens (tertiary/aromatic N) is 5. The van der Waals surface area contributed by atoms with Gasteiger partial charge in [0.15, 0.2) is 0 Å². The van der Waals surface area contributed by atoms with Gasteiger partial charge < -0.3 is 9.15 Å². The number of aryl methyl sites for hydroxylation is 1. The van der Waals surface area contributed by atoms with E-state index in [-0.39, 0.29) is 17.7 Å². The Balaban J connectivity index is 1.45. The fourth-order valence-electron chi connectivity index (χ4n) is 4.54. The lowest BCUT2D eigenvalue weighted by Crippen LogP contribution is -2.27. The van der Waals surface area contributed by atoms with Crippen molar-refractivity contribution in [2.45, 2.75) is 39.2 Å². The second-order valence-electron chi connectivity index (χ2n) is 9.11. The summed E-state index contributed by atoms with van der Waals surface area (Å²) in [5.74, 6) is 0.362. The van der Waals surface area contributed by atoms with Crippen LogP contribution >= 0.6 is 0 Å². The van der Waals surface area contributed by atoms with Crippen molar-refractivity contribution >= 4 is 5.97 Å². The summed E-state index contributed by atoms with van der Waals surface area (Å²) in [4.78, 5) is 30.3. The van der Waals surface area contributed by atoms with Crippen molar-refractivity contribution in [2.24, 2.45) is 0 Å². The predicted octanol–water partition coefficient (Wildman–Crippen LogP) is 4.45. The van der Waals surface area contributed by atoms with Crippen molar-refractivity contribution in [3.8, 4) is 22.5 Å². The number of carbonyl (C=O) groups excluding carboxylic acids is 1. The van der Waals surface area contributed by atoms with Gasteiger partial charge in [0.1, 0.15) is 11.3 Å². The second-order valence-corrected chi connectivity index (χ2v) is 9.11. The van der Waals surface area contributed by atoms with Crippen LogP contribution in [0.2, 0.25) is 0 Å². The number of esters is 1. The Morgan fingerprint density at radius 1 is 1.08 bits per heavy atom. The molecule has 10 nitrogen and oxygen atoms in total. The molecule has 0 aliphatic heterocycles. The molecule has 5 rings (SSSR count). The van der Waals surface area contributed by atoms with Gasteiger partial charge in [0, 0.05) is 17.5 Å². The maximum atomic E-state index is 13.6. The van der Waals surface area contributed by atoms with Gasteiger partial charge in [-0.1, -0.05) is 61.9 Å². The summed E-state index contributed by atoms with van der Waals surface area (Å²) < 4.78 is 11.8. The number of nitrogens with one attached hydrogen (secondary N) is 1. The Morgan fingerprint density at radius 3 is 2.59 bits per heavy atom. The zero-order chi connectivity index (χ0) is 27.2. The minimum atomic E-state index is -0.513. The van der Waals surface area contributed by atoms with Crippen LogP contribution in [0.15, 0.2) is 76.4 Å². The van der Waals surface area contributed by atoms with E-state index in [0.29, 0.717) is 30.0 Å². The zero-order valence-corrected chi connectivity index (χ0v) is 21.8. The first-order valence-electron chi connectivity index (χ1n) is 12.7. The average Bonchev–Trinajstić information content (AvgIpc) is 3.67. The van der Waals surface area contributed by atoms with Crippen molar-refractivity contribution in [1.29, 1.82) is 0 Å². The van der Waals surface area contributed by atoms with Gasteiger partial charge in [-0.25, -0.2) is 9.78 Å². The summed E-state index contributed by atoms with van der Waals surface area (Å²) in [5.41, 5.74) is 5.40. The fraction of sp³-hybridized carbons (Fsp3) is 0.241. The van der Waals surface area contributed by atoms with Crippen molar-refractivity contribution in [1.82, 2.24) is 30.2 Å². The fourth-order valence-corrected chi connectivity index (χ4v) is 4.54. The topological polar surface area (TPSA) is 129 Å². The van der Waals surface area contributed by atoms with Crippen LogP contribution in [0.25, 0.3) is 22.5 Å². The van der Waals surface area contributed by atoms with E-state index in [0.717, 1.165) is 40.8 Å². The lowest BCUT2D eigenvalue weighted by atomic mass is 9.96. The molecule has 2 aromatic carbocycles. The van der Waals surface area contributed by atoms with E-state index in [1.54, 1.807) is 0 Å². The number of benzene rings is 2. The summed E-state index contributed by atoms with van der Waals surface area (Å²) in [6, 6.07) is 17.5. The molecule has 0 spiro atoms. The Hall–Kier alpha value is -4.86. The van der Waals surface area contributed by atoms with Crippen LogP contribution in [0.1, 0.15) is 52.7 Å². The molecule has 3 heterocycles. The molecule has 0 fully saturated rings. The molecular formula is C29H28N6O4. The third-order valence-electron chi connectivity index (χ3n) is 6.61. The summed E-state index contributed by atoms with van der Waals surface area (Å²) in [7, 11) is 1.31. The minimum absolute atomic E-state index is 0.0795. The number of unbranched alkanes of at least 4 members (excludes halogenated alkanes) is 1.